The molecule has 0 aliphatic carbocycles. The summed E-state index contributed by atoms with van der Waals surface area (Å²) < 4.78 is 32.2. The van der Waals surface area contributed by atoms with Crippen molar-refractivity contribution >= 4 is 15.7 Å². The van der Waals surface area contributed by atoms with Crippen LogP contribution in [-0.2, 0) is 14.8 Å². The first kappa shape index (κ1) is 17.9. The number of sulfonamides is 1. The van der Waals surface area contributed by atoms with Crippen LogP contribution in [0.5, 0.6) is 0 Å². The lowest BCUT2D eigenvalue weighted by molar-refractivity contribution is 0.132. The summed E-state index contributed by atoms with van der Waals surface area (Å²) in [4.78, 5) is 0.272. The van der Waals surface area contributed by atoms with Crippen molar-refractivity contribution in [3.8, 4) is 0 Å². The van der Waals surface area contributed by atoms with Gasteiger partial charge in [0.2, 0.25) is 10.0 Å². The molecule has 1 aromatic rings. The quantitative estimate of drug-likeness (QED) is 0.651. The smallest absolute Gasteiger partial charge is 0.242 e. The van der Waals surface area contributed by atoms with Crippen molar-refractivity contribution < 1.29 is 13.2 Å². The van der Waals surface area contributed by atoms with E-state index in [4.69, 9.17) is 4.74 Å². The second-order valence-corrected chi connectivity index (χ2v) is 6.95. The molecule has 120 valence electrons. The molecule has 0 radical (unpaired) electrons. The molecule has 6 heteroatoms. The van der Waals surface area contributed by atoms with Crippen LogP contribution in [0.1, 0.15) is 27.2 Å². The SMILES string of the molecule is CCNS(=O)(=O)c1ccccc1NCCOCCC(C)C. The van der Waals surface area contributed by atoms with Gasteiger partial charge in [0.25, 0.3) is 0 Å². The molecule has 0 fully saturated rings. The zero-order valence-electron chi connectivity index (χ0n) is 13.1. The minimum atomic E-state index is -3.45. The van der Waals surface area contributed by atoms with E-state index in [2.05, 4.69) is 23.9 Å². The van der Waals surface area contributed by atoms with Gasteiger partial charge in [-0.25, -0.2) is 13.1 Å². The van der Waals surface area contributed by atoms with E-state index in [0.29, 0.717) is 31.3 Å². The molecule has 1 aromatic carbocycles. The number of hydrogen-bond acceptors (Lipinski definition) is 4. The average molecular weight is 314 g/mol. The maximum atomic E-state index is 12.1. The molecule has 0 atom stereocenters. The first-order valence-electron chi connectivity index (χ1n) is 7.37. The van der Waals surface area contributed by atoms with Crippen LogP contribution in [0.2, 0.25) is 0 Å². The largest absolute Gasteiger partial charge is 0.382 e. The Morgan fingerprint density at radius 1 is 1.19 bits per heavy atom. The minimum Gasteiger partial charge on any atom is -0.382 e. The molecule has 0 aliphatic heterocycles. The Morgan fingerprint density at radius 3 is 2.57 bits per heavy atom. The Morgan fingerprint density at radius 2 is 1.90 bits per heavy atom. The Kier molecular flexibility index (Phi) is 7.71. The van der Waals surface area contributed by atoms with Crippen LogP contribution < -0.4 is 10.0 Å². The number of ether oxygens (including phenoxy) is 1. The molecule has 0 spiro atoms. The summed E-state index contributed by atoms with van der Waals surface area (Å²) in [6, 6.07) is 6.89. The molecule has 0 saturated carbocycles. The van der Waals surface area contributed by atoms with E-state index >= 15 is 0 Å². The summed E-state index contributed by atoms with van der Waals surface area (Å²) in [6.07, 6.45) is 1.03. The van der Waals surface area contributed by atoms with Crippen LogP contribution in [0.4, 0.5) is 5.69 Å². The molecule has 0 aromatic heterocycles. The summed E-state index contributed by atoms with van der Waals surface area (Å²) >= 11 is 0. The highest BCUT2D eigenvalue weighted by Crippen LogP contribution is 2.20. The second kappa shape index (κ2) is 9.02. The molecule has 0 saturated heterocycles. The molecule has 2 N–H and O–H groups in total. The highest BCUT2D eigenvalue weighted by molar-refractivity contribution is 7.89. The molecule has 0 amide bonds. The average Bonchev–Trinajstić information content (AvgIpc) is 2.42. The predicted molar refractivity (Wildman–Crippen MR) is 86.1 cm³/mol. The summed E-state index contributed by atoms with van der Waals surface area (Å²) in [5.74, 6) is 0.629. The Hall–Kier alpha value is -1.11. The fourth-order valence-electron chi connectivity index (χ4n) is 1.79. The highest BCUT2D eigenvalue weighted by Gasteiger charge is 2.16. The lowest BCUT2D eigenvalue weighted by Crippen LogP contribution is -2.24. The van der Waals surface area contributed by atoms with E-state index < -0.39 is 10.0 Å². The third kappa shape index (κ3) is 6.46. The van der Waals surface area contributed by atoms with Gasteiger partial charge < -0.3 is 10.1 Å². The van der Waals surface area contributed by atoms with E-state index in [0.717, 1.165) is 13.0 Å². The third-order valence-corrected chi connectivity index (χ3v) is 4.52. The van der Waals surface area contributed by atoms with E-state index in [1.807, 2.05) is 6.07 Å². The number of para-hydroxylation sites is 1. The number of benzene rings is 1. The molecular weight excluding hydrogens is 288 g/mol. The molecular formula is C15H26N2O3S. The lowest BCUT2D eigenvalue weighted by atomic mass is 10.1. The summed E-state index contributed by atoms with van der Waals surface area (Å²) in [7, 11) is -3.45. The van der Waals surface area contributed by atoms with Crippen molar-refractivity contribution in [3.63, 3.8) is 0 Å². The van der Waals surface area contributed by atoms with Gasteiger partial charge >= 0.3 is 0 Å². The third-order valence-electron chi connectivity index (χ3n) is 2.91. The Balaban J connectivity index is 2.52. The van der Waals surface area contributed by atoms with Crippen molar-refractivity contribution in [2.45, 2.75) is 32.1 Å². The van der Waals surface area contributed by atoms with Crippen molar-refractivity contribution in [3.05, 3.63) is 24.3 Å². The van der Waals surface area contributed by atoms with Crippen LogP contribution in [0.3, 0.4) is 0 Å². The topological polar surface area (TPSA) is 67.4 Å². The van der Waals surface area contributed by atoms with Gasteiger partial charge in [-0.1, -0.05) is 32.9 Å². The fourth-order valence-corrected chi connectivity index (χ4v) is 3.02. The Labute approximate surface area is 128 Å². The van der Waals surface area contributed by atoms with Gasteiger partial charge in [0.15, 0.2) is 0 Å². The van der Waals surface area contributed by atoms with Crippen LogP contribution in [0.15, 0.2) is 29.2 Å². The molecule has 0 bridgehead atoms. The maximum absolute atomic E-state index is 12.1. The van der Waals surface area contributed by atoms with Gasteiger partial charge in [0.1, 0.15) is 4.90 Å². The number of rotatable bonds is 10. The summed E-state index contributed by atoms with van der Waals surface area (Å²) in [6.45, 7) is 8.31. The van der Waals surface area contributed by atoms with E-state index in [9.17, 15) is 8.42 Å². The van der Waals surface area contributed by atoms with Crippen molar-refractivity contribution in [2.24, 2.45) is 5.92 Å². The van der Waals surface area contributed by atoms with Crippen LogP contribution in [0.25, 0.3) is 0 Å². The van der Waals surface area contributed by atoms with Crippen LogP contribution >= 0.6 is 0 Å². The molecule has 0 unspecified atom stereocenters. The fraction of sp³-hybridized carbons (Fsp3) is 0.600. The number of anilines is 1. The van der Waals surface area contributed by atoms with Crippen molar-refractivity contribution in [2.75, 3.05) is 31.6 Å². The molecule has 1 rings (SSSR count). The van der Waals surface area contributed by atoms with Gasteiger partial charge in [0.05, 0.1) is 12.3 Å². The van der Waals surface area contributed by atoms with Gasteiger partial charge in [0, 0.05) is 19.7 Å². The lowest BCUT2D eigenvalue weighted by Gasteiger charge is -2.13. The van der Waals surface area contributed by atoms with Crippen molar-refractivity contribution in [1.82, 2.24) is 4.72 Å². The van der Waals surface area contributed by atoms with Gasteiger partial charge in [-0.2, -0.15) is 0 Å². The number of hydrogen-bond donors (Lipinski definition) is 2. The van der Waals surface area contributed by atoms with Gasteiger partial charge in [-0.3, -0.25) is 0 Å². The Bertz CT molecular complexity index is 515. The normalized spacial score (nSPS) is 11.8. The molecule has 0 aliphatic rings. The predicted octanol–water partition coefficient (Wildman–Crippen LogP) is 2.46. The monoisotopic (exact) mass is 314 g/mol. The number of nitrogens with one attached hydrogen (secondary N) is 2. The minimum absolute atomic E-state index is 0.272. The standard InChI is InChI=1S/C15H26N2O3S/c1-4-17-21(18,19)15-8-6-5-7-14(15)16-10-12-20-11-9-13(2)3/h5-8,13,16-17H,4,9-12H2,1-3H3. The zero-order valence-corrected chi connectivity index (χ0v) is 13.9. The molecule has 5 nitrogen and oxygen atoms in total. The molecule has 21 heavy (non-hydrogen) atoms. The van der Waals surface area contributed by atoms with E-state index in [1.54, 1.807) is 25.1 Å². The molecule has 0 heterocycles. The first-order valence-corrected chi connectivity index (χ1v) is 8.86. The first-order chi connectivity index (χ1) is 9.97. The van der Waals surface area contributed by atoms with E-state index in [1.165, 1.54) is 0 Å². The van der Waals surface area contributed by atoms with Crippen molar-refractivity contribution in [1.29, 1.82) is 0 Å². The van der Waals surface area contributed by atoms with E-state index in [-0.39, 0.29) is 4.90 Å². The van der Waals surface area contributed by atoms with Crippen LogP contribution in [0, 0.1) is 5.92 Å². The zero-order chi connectivity index (χ0) is 15.7. The summed E-state index contributed by atoms with van der Waals surface area (Å²) in [5.41, 5.74) is 0.603. The highest BCUT2D eigenvalue weighted by atomic mass is 32.2. The van der Waals surface area contributed by atoms with Gasteiger partial charge in [-0.05, 0) is 24.5 Å². The maximum Gasteiger partial charge on any atom is 0.242 e. The van der Waals surface area contributed by atoms with Gasteiger partial charge in [-0.15, -0.1) is 0 Å². The summed E-state index contributed by atoms with van der Waals surface area (Å²) in [5, 5.41) is 3.12. The van der Waals surface area contributed by atoms with Crippen LogP contribution in [-0.4, -0.2) is 34.7 Å². The second-order valence-electron chi connectivity index (χ2n) is 5.22.